The van der Waals surface area contributed by atoms with Crippen LogP contribution in [0.2, 0.25) is 0 Å². The van der Waals surface area contributed by atoms with E-state index in [9.17, 15) is 0 Å². The molecule has 82 valence electrons. The number of hydrogen-bond acceptors (Lipinski definition) is 3. The third-order valence-corrected chi connectivity index (χ3v) is 3.25. The zero-order chi connectivity index (χ0) is 10.7. The number of aromatic nitrogens is 2. The summed E-state index contributed by atoms with van der Waals surface area (Å²) in [5.74, 6) is 1.61. The predicted octanol–water partition coefficient (Wildman–Crippen LogP) is 2.60. The molecule has 0 amide bonds. The molecule has 0 radical (unpaired) electrons. The van der Waals surface area contributed by atoms with Gasteiger partial charge in [0.15, 0.2) is 0 Å². The van der Waals surface area contributed by atoms with Gasteiger partial charge in [0.25, 0.3) is 0 Å². The van der Waals surface area contributed by atoms with Crippen LogP contribution in [0.4, 0.5) is 5.82 Å². The van der Waals surface area contributed by atoms with E-state index < -0.39 is 0 Å². The Labute approximate surface area is 95.3 Å². The molecule has 0 spiro atoms. The van der Waals surface area contributed by atoms with E-state index in [2.05, 4.69) is 15.3 Å². The van der Waals surface area contributed by atoms with Crippen LogP contribution in [0.1, 0.15) is 25.0 Å². The minimum atomic E-state index is 0.379. The van der Waals surface area contributed by atoms with Gasteiger partial charge in [0, 0.05) is 23.7 Å². The first-order valence-electron chi connectivity index (χ1n) is 5.40. The van der Waals surface area contributed by atoms with E-state index in [-0.39, 0.29) is 0 Å². The Hall–Kier alpha value is -0.830. The molecule has 2 unspecified atom stereocenters. The van der Waals surface area contributed by atoms with Gasteiger partial charge in [-0.2, -0.15) is 0 Å². The molecule has 2 atom stereocenters. The smallest absolute Gasteiger partial charge is 0.129 e. The molecule has 0 aliphatic heterocycles. The highest BCUT2D eigenvalue weighted by atomic mass is 35.5. The molecular formula is C11H16ClN3. The van der Waals surface area contributed by atoms with Crippen LogP contribution in [0.25, 0.3) is 0 Å². The highest BCUT2D eigenvalue weighted by molar-refractivity contribution is 6.20. The maximum atomic E-state index is 6.06. The first kappa shape index (κ1) is 10.7. The molecule has 2 rings (SSSR count). The monoisotopic (exact) mass is 225 g/mol. The Morgan fingerprint density at radius 2 is 2.33 bits per heavy atom. The van der Waals surface area contributed by atoms with Gasteiger partial charge in [0.2, 0.25) is 0 Å². The van der Waals surface area contributed by atoms with Crippen LogP contribution in [0.5, 0.6) is 0 Å². The first-order chi connectivity index (χ1) is 7.24. The fraction of sp³-hybridized carbons (Fsp3) is 0.636. The molecule has 1 heterocycles. The number of hydrogen-bond donors (Lipinski definition) is 1. The predicted molar refractivity (Wildman–Crippen MR) is 62.2 cm³/mol. The van der Waals surface area contributed by atoms with Gasteiger partial charge < -0.3 is 5.32 Å². The van der Waals surface area contributed by atoms with Crippen molar-refractivity contribution < 1.29 is 0 Å². The van der Waals surface area contributed by atoms with Crippen molar-refractivity contribution in [3.63, 3.8) is 0 Å². The topological polar surface area (TPSA) is 37.8 Å². The molecule has 1 saturated carbocycles. The molecular weight excluding hydrogens is 210 g/mol. The molecule has 1 fully saturated rings. The number of anilines is 1. The van der Waals surface area contributed by atoms with E-state index in [1.165, 1.54) is 6.42 Å². The highest BCUT2D eigenvalue weighted by Crippen LogP contribution is 2.29. The van der Waals surface area contributed by atoms with Crippen molar-refractivity contribution >= 4 is 17.4 Å². The Kier molecular flexibility index (Phi) is 3.41. The summed E-state index contributed by atoms with van der Waals surface area (Å²) in [6.07, 6.45) is 5.09. The molecule has 0 aromatic carbocycles. The summed E-state index contributed by atoms with van der Waals surface area (Å²) in [7, 11) is 0. The summed E-state index contributed by atoms with van der Waals surface area (Å²) < 4.78 is 0. The lowest BCUT2D eigenvalue weighted by Crippen LogP contribution is -2.12. The summed E-state index contributed by atoms with van der Waals surface area (Å²) in [5.41, 5.74) is 0.995. The summed E-state index contributed by atoms with van der Waals surface area (Å²) in [4.78, 5) is 8.22. The van der Waals surface area contributed by atoms with Crippen LogP contribution in [0, 0.1) is 12.8 Å². The van der Waals surface area contributed by atoms with Crippen molar-refractivity contribution in [1.82, 2.24) is 9.97 Å². The van der Waals surface area contributed by atoms with E-state index >= 15 is 0 Å². The van der Waals surface area contributed by atoms with E-state index in [1.807, 2.05) is 13.0 Å². The Balaban J connectivity index is 1.83. The normalized spacial score (nSPS) is 25.5. The lowest BCUT2D eigenvalue weighted by molar-refractivity contribution is 0.579. The second kappa shape index (κ2) is 4.79. The molecule has 1 aromatic heterocycles. The lowest BCUT2D eigenvalue weighted by atomic mass is 10.1. The first-order valence-corrected chi connectivity index (χ1v) is 5.84. The van der Waals surface area contributed by atoms with Crippen molar-refractivity contribution in [3.8, 4) is 0 Å². The summed E-state index contributed by atoms with van der Waals surface area (Å²) >= 11 is 6.06. The molecule has 1 aliphatic rings. The van der Waals surface area contributed by atoms with Crippen molar-refractivity contribution in [2.45, 2.75) is 31.6 Å². The van der Waals surface area contributed by atoms with E-state index in [4.69, 9.17) is 11.6 Å². The van der Waals surface area contributed by atoms with Gasteiger partial charge in [-0.3, -0.25) is 0 Å². The molecule has 15 heavy (non-hydrogen) atoms. The average molecular weight is 226 g/mol. The molecule has 3 nitrogen and oxygen atoms in total. The van der Waals surface area contributed by atoms with Gasteiger partial charge in [-0.15, -0.1) is 11.6 Å². The van der Waals surface area contributed by atoms with Gasteiger partial charge in [0.05, 0.1) is 0 Å². The Bertz CT molecular complexity index is 329. The van der Waals surface area contributed by atoms with Crippen LogP contribution in [0.15, 0.2) is 12.4 Å². The second-order valence-corrected chi connectivity index (χ2v) is 4.82. The second-order valence-electron chi connectivity index (χ2n) is 4.20. The Morgan fingerprint density at radius 3 is 3.00 bits per heavy atom. The molecule has 0 bridgehead atoms. The lowest BCUT2D eigenvalue weighted by Gasteiger charge is -2.11. The molecule has 1 aromatic rings. The highest BCUT2D eigenvalue weighted by Gasteiger charge is 2.22. The van der Waals surface area contributed by atoms with Crippen LogP contribution < -0.4 is 5.32 Å². The fourth-order valence-corrected chi connectivity index (χ4v) is 2.38. The minimum Gasteiger partial charge on any atom is -0.370 e. The van der Waals surface area contributed by atoms with Crippen LogP contribution in [-0.4, -0.2) is 21.9 Å². The molecule has 0 saturated heterocycles. The van der Waals surface area contributed by atoms with Crippen molar-refractivity contribution in [3.05, 3.63) is 18.1 Å². The minimum absolute atomic E-state index is 0.379. The summed E-state index contributed by atoms with van der Waals surface area (Å²) in [5, 5.41) is 3.72. The van der Waals surface area contributed by atoms with Crippen molar-refractivity contribution in [2.75, 3.05) is 11.9 Å². The van der Waals surface area contributed by atoms with Crippen LogP contribution >= 0.6 is 11.6 Å². The largest absolute Gasteiger partial charge is 0.370 e. The number of rotatable bonds is 3. The van der Waals surface area contributed by atoms with E-state index in [0.717, 1.165) is 30.9 Å². The van der Waals surface area contributed by atoms with E-state index in [1.54, 1.807) is 6.33 Å². The third kappa shape index (κ3) is 3.06. The molecule has 1 N–H and O–H groups in total. The maximum absolute atomic E-state index is 6.06. The SMILES string of the molecule is Cc1cc(NCC2CCC(Cl)C2)ncn1. The van der Waals surface area contributed by atoms with Crippen LogP contribution in [-0.2, 0) is 0 Å². The fourth-order valence-electron chi connectivity index (χ4n) is 2.00. The van der Waals surface area contributed by atoms with Gasteiger partial charge in [0.1, 0.15) is 12.1 Å². The van der Waals surface area contributed by atoms with Crippen LogP contribution in [0.3, 0.4) is 0 Å². The Morgan fingerprint density at radius 1 is 1.47 bits per heavy atom. The molecule has 4 heteroatoms. The average Bonchev–Trinajstić information content (AvgIpc) is 2.62. The number of nitrogens with one attached hydrogen (secondary N) is 1. The molecule has 1 aliphatic carbocycles. The standard InChI is InChI=1S/C11H16ClN3/c1-8-4-11(15-7-14-8)13-6-9-2-3-10(12)5-9/h4,7,9-10H,2-3,5-6H2,1H3,(H,13,14,15). The number of aryl methyl sites for hydroxylation is 1. The van der Waals surface area contributed by atoms with Gasteiger partial charge >= 0.3 is 0 Å². The zero-order valence-corrected chi connectivity index (χ0v) is 9.67. The number of nitrogens with zero attached hydrogens (tertiary/aromatic N) is 2. The van der Waals surface area contributed by atoms with Crippen molar-refractivity contribution in [1.29, 1.82) is 0 Å². The van der Waals surface area contributed by atoms with Crippen molar-refractivity contribution in [2.24, 2.45) is 5.92 Å². The van der Waals surface area contributed by atoms with E-state index in [0.29, 0.717) is 11.3 Å². The van der Waals surface area contributed by atoms with Gasteiger partial charge in [-0.05, 0) is 32.1 Å². The third-order valence-electron chi connectivity index (χ3n) is 2.85. The number of halogens is 1. The summed E-state index contributed by atoms with van der Waals surface area (Å²) in [6.45, 7) is 2.94. The van der Waals surface area contributed by atoms with Gasteiger partial charge in [-0.25, -0.2) is 9.97 Å². The summed E-state index contributed by atoms with van der Waals surface area (Å²) in [6, 6.07) is 1.97. The maximum Gasteiger partial charge on any atom is 0.129 e. The van der Waals surface area contributed by atoms with Gasteiger partial charge in [-0.1, -0.05) is 0 Å². The quantitative estimate of drug-likeness (QED) is 0.804. The number of alkyl halides is 1. The zero-order valence-electron chi connectivity index (χ0n) is 8.91.